The van der Waals surface area contributed by atoms with E-state index in [1.54, 1.807) is 12.4 Å². The Hall–Kier alpha value is -1.81. The summed E-state index contributed by atoms with van der Waals surface area (Å²) in [6.07, 6.45) is 5.39. The summed E-state index contributed by atoms with van der Waals surface area (Å²) in [6, 6.07) is 5.89. The maximum Gasteiger partial charge on any atom is 0.149 e. The number of hydrogen-bond acceptors (Lipinski definition) is 4. The summed E-state index contributed by atoms with van der Waals surface area (Å²) >= 11 is 0. The molecule has 88 valence electrons. The smallest absolute Gasteiger partial charge is 0.149 e. The minimum Gasteiger partial charge on any atom is -0.304 e. The molecule has 2 aromatic rings. The molecule has 17 heavy (non-hydrogen) atoms. The van der Waals surface area contributed by atoms with Crippen LogP contribution in [0.5, 0.6) is 0 Å². The number of aryl methyl sites for hydroxylation is 1. The lowest BCUT2D eigenvalue weighted by molar-refractivity contribution is 0.595. The van der Waals surface area contributed by atoms with E-state index in [1.807, 2.05) is 25.3 Å². The highest BCUT2D eigenvalue weighted by Crippen LogP contribution is 2.17. The molecule has 0 saturated carbocycles. The Morgan fingerprint density at radius 3 is 2.53 bits per heavy atom. The molecule has 1 atom stereocenters. The van der Waals surface area contributed by atoms with Gasteiger partial charge in [-0.25, -0.2) is 9.97 Å². The van der Waals surface area contributed by atoms with E-state index in [0.717, 1.165) is 23.6 Å². The molecule has 2 rings (SSSR count). The van der Waals surface area contributed by atoms with Gasteiger partial charge in [-0.3, -0.25) is 4.98 Å². The van der Waals surface area contributed by atoms with Crippen LogP contribution in [0.15, 0.2) is 36.8 Å². The van der Waals surface area contributed by atoms with E-state index in [9.17, 15) is 0 Å². The van der Waals surface area contributed by atoms with Crippen LogP contribution in [0.25, 0.3) is 0 Å². The van der Waals surface area contributed by atoms with Gasteiger partial charge in [-0.2, -0.15) is 0 Å². The number of nitrogens with zero attached hydrogens (tertiary/aromatic N) is 3. The van der Waals surface area contributed by atoms with Crippen LogP contribution in [0.1, 0.15) is 30.0 Å². The van der Waals surface area contributed by atoms with E-state index >= 15 is 0 Å². The van der Waals surface area contributed by atoms with Crippen molar-refractivity contribution in [3.8, 4) is 0 Å². The number of hydrogen-bond donors (Lipinski definition) is 1. The maximum atomic E-state index is 4.31. The summed E-state index contributed by atoms with van der Waals surface area (Å²) in [5, 5.41) is 3.37. The third-order valence-electron chi connectivity index (χ3n) is 2.52. The second-order valence-corrected chi connectivity index (χ2v) is 3.83. The summed E-state index contributed by atoms with van der Waals surface area (Å²) in [5.74, 6) is 0.778. The minimum atomic E-state index is 0.00861. The van der Waals surface area contributed by atoms with Crippen LogP contribution in [-0.4, -0.2) is 21.5 Å². The monoisotopic (exact) mass is 228 g/mol. The Balaban J connectivity index is 2.32. The van der Waals surface area contributed by atoms with Crippen molar-refractivity contribution in [3.05, 3.63) is 53.9 Å². The molecule has 0 spiro atoms. The first-order valence-corrected chi connectivity index (χ1v) is 5.74. The Labute approximate surface area is 101 Å². The van der Waals surface area contributed by atoms with E-state index in [-0.39, 0.29) is 6.04 Å². The molecule has 0 amide bonds. The van der Waals surface area contributed by atoms with Crippen LogP contribution in [0, 0.1) is 6.92 Å². The lowest BCUT2D eigenvalue weighted by atomic mass is 10.1. The van der Waals surface area contributed by atoms with Gasteiger partial charge in [-0.1, -0.05) is 13.0 Å². The Morgan fingerprint density at radius 2 is 1.94 bits per heavy atom. The van der Waals surface area contributed by atoms with E-state index in [4.69, 9.17) is 0 Å². The van der Waals surface area contributed by atoms with Gasteiger partial charge in [0.05, 0.1) is 6.04 Å². The van der Waals surface area contributed by atoms with E-state index in [0.29, 0.717) is 0 Å². The average Bonchev–Trinajstić information content (AvgIpc) is 2.38. The minimum absolute atomic E-state index is 0.00861. The van der Waals surface area contributed by atoms with Crippen LogP contribution < -0.4 is 5.32 Å². The first-order chi connectivity index (χ1) is 8.31. The standard InChI is InChI=1S/C13H16N4/c1-3-14-12(13-15-7-4-8-16-13)11-6-5-10(2)17-9-11/h4-9,12,14H,3H2,1-2H3. The molecule has 0 radical (unpaired) electrons. The van der Waals surface area contributed by atoms with Gasteiger partial charge < -0.3 is 5.32 Å². The zero-order valence-corrected chi connectivity index (χ0v) is 10.1. The summed E-state index contributed by atoms with van der Waals surface area (Å²) in [5.41, 5.74) is 2.10. The highest BCUT2D eigenvalue weighted by atomic mass is 15.0. The number of rotatable bonds is 4. The fourth-order valence-corrected chi connectivity index (χ4v) is 1.67. The fourth-order valence-electron chi connectivity index (χ4n) is 1.67. The Bertz CT molecular complexity index is 453. The van der Waals surface area contributed by atoms with E-state index in [2.05, 4.69) is 33.3 Å². The molecule has 0 aliphatic heterocycles. The van der Waals surface area contributed by atoms with Crippen molar-refractivity contribution in [2.75, 3.05) is 6.54 Å². The van der Waals surface area contributed by atoms with Crippen molar-refractivity contribution in [2.45, 2.75) is 19.9 Å². The van der Waals surface area contributed by atoms with Crippen LogP contribution in [0.3, 0.4) is 0 Å². The molecule has 0 saturated heterocycles. The summed E-state index contributed by atoms with van der Waals surface area (Å²) < 4.78 is 0. The molecular weight excluding hydrogens is 212 g/mol. The van der Waals surface area contributed by atoms with Crippen LogP contribution in [-0.2, 0) is 0 Å². The molecular formula is C13H16N4. The van der Waals surface area contributed by atoms with Crippen molar-refractivity contribution < 1.29 is 0 Å². The average molecular weight is 228 g/mol. The molecule has 4 heteroatoms. The van der Waals surface area contributed by atoms with Gasteiger partial charge in [-0.15, -0.1) is 0 Å². The van der Waals surface area contributed by atoms with Crippen LogP contribution >= 0.6 is 0 Å². The third kappa shape index (κ3) is 2.85. The number of nitrogens with one attached hydrogen (secondary N) is 1. The zero-order valence-electron chi connectivity index (χ0n) is 10.1. The fraction of sp³-hybridized carbons (Fsp3) is 0.308. The highest BCUT2D eigenvalue weighted by molar-refractivity contribution is 5.23. The molecule has 1 unspecified atom stereocenters. The highest BCUT2D eigenvalue weighted by Gasteiger charge is 2.15. The molecule has 0 aromatic carbocycles. The van der Waals surface area contributed by atoms with Crippen LogP contribution in [0.2, 0.25) is 0 Å². The van der Waals surface area contributed by atoms with Gasteiger partial charge in [-0.05, 0) is 31.2 Å². The van der Waals surface area contributed by atoms with Gasteiger partial charge in [0.2, 0.25) is 0 Å². The summed E-state index contributed by atoms with van der Waals surface area (Å²) in [4.78, 5) is 12.9. The molecule has 4 nitrogen and oxygen atoms in total. The number of pyridine rings is 1. The first kappa shape index (κ1) is 11.7. The molecule has 0 aliphatic carbocycles. The summed E-state index contributed by atoms with van der Waals surface area (Å²) in [6.45, 7) is 4.90. The predicted molar refractivity (Wildman–Crippen MR) is 66.5 cm³/mol. The first-order valence-electron chi connectivity index (χ1n) is 5.74. The second kappa shape index (κ2) is 5.50. The van der Waals surface area contributed by atoms with Crippen LogP contribution in [0.4, 0.5) is 0 Å². The third-order valence-corrected chi connectivity index (χ3v) is 2.52. The molecule has 0 fully saturated rings. The topological polar surface area (TPSA) is 50.7 Å². The molecule has 0 bridgehead atoms. The van der Waals surface area contributed by atoms with Gasteiger partial charge in [0.15, 0.2) is 0 Å². The van der Waals surface area contributed by atoms with E-state index < -0.39 is 0 Å². The Morgan fingerprint density at radius 1 is 1.18 bits per heavy atom. The number of aromatic nitrogens is 3. The van der Waals surface area contributed by atoms with Crippen molar-refractivity contribution in [2.24, 2.45) is 0 Å². The lowest BCUT2D eigenvalue weighted by Crippen LogP contribution is -2.24. The lowest BCUT2D eigenvalue weighted by Gasteiger charge is -2.16. The molecule has 0 aliphatic rings. The van der Waals surface area contributed by atoms with Gasteiger partial charge >= 0.3 is 0 Å². The molecule has 1 N–H and O–H groups in total. The zero-order chi connectivity index (χ0) is 12.1. The maximum absolute atomic E-state index is 4.31. The largest absolute Gasteiger partial charge is 0.304 e. The van der Waals surface area contributed by atoms with Gasteiger partial charge in [0.25, 0.3) is 0 Å². The van der Waals surface area contributed by atoms with Gasteiger partial charge in [0, 0.05) is 24.3 Å². The quantitative estimate of drug-likeness (QED) is 0.868. The SMILES string of the molecule is CCNC(c1ccc(C)nc1)c1ncccn1. The van der Waals surface area contributed by atoms with Crippen molar-refractivity contribution in [3.63, 3.8) is 0 Å². The predicted octanol–water partition coefficient (Wildman–Crippen LogP) is 1.88. The second-order valence-electron chi connectivity index (χ2n) is 3.83. The normalized spacial score (nSPS) is 12.4. The molecule has 2 heterocycles. The Kier molecular flexibility index (Phi) is 3.77. The van der Waals surface area contributed by atoms with Crippen molar-refractivity contribution >= 4 is 0 Å². The molecule has 2 aromatic heterocycles. The van der Waals surface area contributed by atoms with Crippen molar-refractivity contribution in [1.29, 1.82) is 0 Å². The summed E-state index contributed by atoms with van der Waals surface area (Å²) in [7, 11) is 0. The van der Waals surface area contributed by atoms with Crippen molar-refractivity contribution in [1.82, 2.24) is 20.3 Å². The van der Waals surface area contributed by atoms with E-state index in [1.165, 1.54) is 0 Å². The van der Waals surface area contributed by atoms with Gasteiger partial charge in [0.1, 0.15) is 5.82 Å².